The molecule has 3 heteroatoms. The predicted molar refractivity (Wildman–Crippen MR) is 109 cm³/mol. The van der Waals surface area contributed by atoms with Crippen molar-refractivity contribution in [2.24, 2.45) is 0 Å². The highest BCUT2D eigenvalue weighted by atomic mass is 32.1. The van der Waals surface area contributed by atoms with Gasteiger partial charge in [-0.1, -0.05) is 30.3 Å². The zero-order valence-corrected chi connectivity index (χ0v) is 15.3. The van der Waals surface area contributed by atoms with Gasteiger partial charge in [0.05, 0.1) is 5.52 Å². The molecule has 2 heterocycles. The molecule has 0 radical (unpaired) electrons. The summed E-state index contributed by atoms with van der Waals surface area (Å²) >= 11 is 1.69. The second-order valence-electron chi connectivity index (χ2n) is 6.86. The first kappa shape index (κ1) is 15.5. The van der Waals surface area contributed by atoms with Gasteiger partial charge in [0.1, 0.15) is 0 Å². The van der Waals surface area contributed by atoms with E-state index >= 15 is 0 Å². The molecule has 0 unspecified atom stereocenters. The monoisotopic (exact) mass is 355 g/mol. The number of ketones is 1. The minimum absolute atomic E-state index is 0.125. The van der Waals surface area contributed by atoms with Gasteiger partial charge in [-0.05, 0) is 65.3 Å². The second kappa shape index (κ2) is 5.89. The molecule has 0 aliphatic heterocycles. The molecule has 0 fully saturated rings. The van der Waals surface area contributed by atoms with E-state index in [1.165, 1.54) is 16.3 Å². The highest BCUT2D eigenvalue weighted by molar-refractivity contribution is 7.11. The van der Waals surface area contributed by atoms with E-state index in [4.69, 9.17) is 0 Å². The van der Waals surface area contributed by atoms with Gasteiger partial charge >= 0.3 is 0 Å². The number of rotatable bonds is 1. The Morgan fingerprint density at radius 1 is 1.12 bits per heavy atom. The molecule has 1 aliphatic carbocycles. The molecule has 0 bridgehead atoms. The molecule has 0 atom stereocenters. The normalized spacial score (nSPS) is 15.7. The fraction of sp³-hybridized carbons (Fsp3) is 0.130. The van der Waals surface area contributed by atoms with Crippen LogP contribution in [0, 0.1) is 6.92 Å². The largest absolute Gasteiger partial charge is 0.289 e. The molecule has 0 spiro atoms. The first-order chi connectivity index (χ1) is 12.7. The average Bonchev–Trinajstić information content (AvgIpc) is 3.08. The van der Waals surface area contributed by atoms with Crippen molar-refractivity contribution in [2.75, 3.05) is 0 Å². The summed E-state index contributed by atoms with van der Waals surface area (Å²) in [5.74, 6) is 0.125. The lowest BCUT2D eigenvalue weighted by Crippen LogP contribution is -2.15. The van der Waals surface area contributed by atoms with Gasteiger partial charge in [-0.15, -0.1) is 11.3 Å². The maximum atomic E-state index is 13.1. The van der Waals surface area contributed by atoms with E-state index in [1.54, 1.807) is 17.5 Å². The number of hydrogen-bond donors (Lipinski definition) is 0. The topological polar surface area (TPSA) is 30.0 Å². The second-order valence-corrected chi connectivity index (χ2v) is 7.80. The van der Waals surface area contributed by atoms with E-state index < -0.39 is 0 Å². The van der Waals surface area contributed by atoms with Crippen LogP contribution in [0.3, 0.4) is 0 Å². The number of hydrogen-bond acceptors (Lipinski definition) is 3. The van der Waals surface area contributed by atoms with Gasteiger partial charge in [-0.25, -0.2) is 0 Å². The van der Waals surface area contributed by atoms with Crippen molar-refractivity contribution in [3.05, 3.63) is 81.2 Å². The van der Waals surface area contributed by atoms with Crippen molar-refractivity contribution in [2.45, 2.75) is 19.8 Å². The molecule has 0 N–H and O–H groups in total. The van der Waals surface area contributed by atoms with Crippen molar-refractivity contribution in [1.82, 2.24) is 4.98 Å². The Hall–Kier alpha value is -2.78. The Morgan fingerprint density at radius 3 is 2.85 bits per heavy atom. The zero-order valence-electron chi connectivity index (χ0n) is 14.5. The standard InChI is InChI=1S/C23H17NOS/c1-14-10-17(26-13-14)11-16-6-8-19-20(23(16)25)12-24-21-9-7-15-4-2-3-5-18(15)22(19)21/h2-5,7,9-13H,6,8H2,1H3. The molecule has 2 aromatic heterocycles. The summed E-state index contributed by atoms with van der Waals surface area (Å²) in [6.45, 7) is 2.08. The summed E-state index contributed by atoms with van der Waals surface area (Å²) in [5.41, 5.74) is 5.01. The summed E-state index contributed by atoms with van der Waals surface area (Å²) in [4.78, 5) is 18.8. The summed E-state index contributed by atoms with van der Waals surface area (Å²) < 4.78 is 0. The highest BCUT2D eigenvalue weighted by Gasteiger charge is 2.25. The van der Waals surface area contributed by atoms with Crippen LogP contribution in [0.25, 0.3) is 27.8 Å². The van der Waals surface area contributed by atoms with Gasteiger partial charge in [0.15, 0.2) is 5.78 Å². The maximum Gasteiger partial charge on any atom is 0.190 e. The Kier molecular flexibility index (Phi) is 3.50. The number of nitrogens with zero attached hydrogens (tertiary/aromatic N) is 1. The number of thiophene rings is 1. The van der Waals surface area contributed by atoms with Gasteiger partial charge in [0.25, 0.3) is 0 Å². The molecule has 1 aliphatic rings. The van der Waals surface area contributed by atoms with E-state index in [-0.39, 0.29) is 5.78 Å². The van der Waals surface area contributed by atoms with Gasteiger partial charge in [-0.2, -0.15) is 0 Å². The van der Waals surface area contributed by atoms with Crippen molar-refractivity contribution in [3.8, 4) is 0 Å². The number of Topliss-reactive ketones (excluding diaryl/α,β-unsaturated/α-hetero) is 1. The molecule has 2 aromatic carbocycles. The first-order valence-corrected chi connectivity index (χ1v) is 9.68. The van der Waals surface area contributed by atoms with Crippen LogP contribution in [-0.2, 0) is 6.42 Å². The maximum absolute atomic E-state index is 13.1. The number of aromatic nitrogens is 1. The number of carbonyl (C=O) groups excluding carboxylic acids is 1. The number of fused-ring (bicyclic) bond motifs is 5. The van der Waals surface area contributed by atoms with Crippen LogP contribution in [0.4, 0.5) is 0 Å². The lowest BCUT2D eigenvalue weighted by Gasteiger charge is -2.20. The molecular formula is C23H17NOS. The average molecular weight is 355 g/mol. The van der Waals surface area contributed by atoms with Gasteiger partial charge in [0.2, 0.25) is 0 Å². The molecule has 0 amide bonds. The Labute approximate surface area is 155 Å². The SMILES string of the molecule is Cc1csc(C=C2CCc3c(cnc4ccc5ccccc5c34)C2=O)c1. The third-order valence-corrected chi connectivity index (χ3v) is 6.11. The van der Waals surface area contributed by atoms with Gasteiger partial charge < -0.3 is 0 Å². The van der Waals surface area contributed by atoms with Crippen molar-refractivity contribution >= 4 is 44.9 Å². The van der Waals surface area contributed by atoms with Crippen LogP contribution in [0.1, 0.15) is 32.8 Å². The van der Waals surface area contributed by atoms with Crippen LogP contribution >= 0.6 is 11.3 Å². The molecule has 2 nitrogen and oxygen atoms in total. The number of carbonyl (C=O) groups is 1. The van der Waals surface area contributed by atoms with Crippen LogP contribution in [0.2, 0.25) is 0 Å². The first-order valence-electron chi connectivity index (χ1n) is 8.80. The van der Waals surface area contributed by atoms with Crippen molar-refractivity contribution < 1.29 is 4.79 Å². The highest BCUT2D eigenvalue weighted by Crippen LogP contribution is 2.35. The summed E-state index contributed by atoms with van der Waals surface area (Å²) in [7, 11) is 0. The van der Waals surface area contributed by atoms with E-state index in [9.17, 15) is 4.79 Å². The zero-order chi connectivity index (χ0) is 17.7. The predicted octanol–water partition coefficient (Wildman–Crippen LogP) is 5.97. The quantitative estimate of drug-likeness (QED) is 0.311. The molecular weight excluding hydrogens is 338 g/mol. The van der Waals surface area contributed by atoms with E-state index in [2.05, 4.69) is 59.8 Å². The lowest BCUT2D eigenvalue weighted by molar-refractivity contribution is 0.102. The molecule has 4 aromatic rings. The minimum Gasteiger partial charge on any atom is -0.289 e. The molecule has 5 rings (SSSR count). The van der Waals surface area contributed by atoms with Crippen LogP contribution < -0.4 is 0 Å². The van der Waals surface area contributed by atoms with E-state index in [1.807, 2.05) is 6.07 Å². The van der Waals surface area contributed by atoms with Crippen LogP contribution in [0.5, 0.6) is 0 Å². The summed E-state index contributed by atoms with van der Waals surface area (Å²) in [5, 5.41) is 5.64. The number of aryl methyl sites for hydroxylation is 2. The summed E-state index contributed by atoms with van der Waals surface area (Å²) in [6, 6.07) is 14.6. The Balaban J connectivity index is 1.70. The third-order valence-electron chi connectivity index (χ3n) is 5.11. The number of pyridine rings is 1. The summed E-state index contributed by atoms with van der Waals surface area (Å²) in [6.07, 6.45) is 5.48. The Bertz CT molecular complexity index is 1220. The molecule has 0 saturated carbocycles. The van der Waals surface area contributed by atoms with Crippen LogP contribution in [0.15, 0.2) is 59.6 Å². The molecule has 0 saturated heterocycles. The smallest absolute Gasteiger partial charge is 0.190 e. The Morgan fingerprint density at radius 2 is 2.00 bits per heavy atom. The van der Waals surface area contributed by atoms with Crippen LogP contribution in [-0.4, -0.2) is 10.8 Å². The minimum atomic E-state index is 0.125. The van der Waals surface area contributed by atoms with Crippen molar-refractivity contribution in [1.29, 1.82) is 0 Å². The fourth-order valence-corrected chi connectivity index (χ4v) is 4.73. The number of allylic oxidation sites excluding steroid dienone is 1. The molecule has 126 valence electrons. The van der Waals surface area contributed by atoms with E-state index in [0.717, 1.165) is 45.3 Å². The van der Waals surface area contributed by atoms with E-state index in [0.29, 0.717) is 0 Å². The van der Waals surface area contributed by atoms with Crippen molar-refractivity contribution in [3.63, 3.8) is 0 Å². The van der Waals surface area contributed by atoms with Gasteiger partial charge in [-0.3, -0.25) is 9.78 Å². The lowest BCUT2D eigenvalue weighted by atomic mass is 9.84. The third kappa shape index (κ3) is 2.39. The van der Waals surface area contributed by atoms with Gasteiger partial charge in [0, 0.05) is 27.6 Å². The number of benzene rings is 2. The fourth-order valence-electron chi connectivity index (χ4n) is 3.87. The molecule has 26 heavy (non-hydrogen) atoms.